The molecule has 2 heterocycles. The summed E-state index contributed by atoms with van der Waals surface area (Å²) in [5.41, 5.74) is 2.14. The molecule has 0 spiro atoms. The van der Waals surface area contributed by atoms with Crippen LogP contribution in [-0.4, -0.2) is 32.3 Å². The molecule has 35 heavy (non-hydrogen) atoms. The maximum atomic E-state index is 13.3. The quantitative estimate of drug-likeness (QED) is 0.473. The smallest absolute Gasteiger partial charge is 0.294 e. The number of hydrogen-bond donors (Lipinski definition) is 1. The van der Waals surface area contributed by atoms with Crippen molar-refractivity contribution in [2.24, 2.45) is 0 Å². The monoisotopic (exact) mass is 536 g/mol. The van der Waals surface area contributed by atoms with Gasteiger partial charge in [0.15, 0.2) is 23.0 Å². The molecular weight excluding hydrogens is 516 g/mol. The number of hydrogen-bond acceptors (Lipinski definition) is 6. The summed E-state index contributed by atoms with van der Waals surface area (Å²) >= 11 is 3.45. The molecule has 2 aliphatic heterocycles. The lowest BCUT2D eigenvalue weighted by atomic mass is 10.1. The van der Waals surface area contributed by atoms with Crippen LogP contribution in [0.1, 0.15) is 11.1 Å². The first-order chi connectivity index (χ1) is 17.0. The lowest BCUT2D eigenvalue weighted by Crippen LogP contribution is -2.44. The molecule has 0 saturated carbocycles. The first-order valence-electron chi connectivity index (χ1n) is 10.8. The molecule has 178 valence electrons. The number of fused-ring (bicyclic) bond motifs is 2. The van der Waals surface area contributed by atoms with E-state index in [0.717, 1.165) is 15.6 Å². The molecule has 0 aliphatic carbocycles. The molecule has 5 rings (SSSR count). The third-order valence-corrected chi connectivity index (χ3v) is 6.15. The fourth-order valence-electron chi connectivity index (χ4n) is 3.79. The maximum absolute atomic E-state index is 13.3. The average molecular weight is 537 g/mol. The van der Waals surface area contributed by atoms with Gasteiger partial charge in [0, 0.05) is 6.54 Å². The Balaban J connectivity index is 1.34. The van der Waals surface area contributed by atoms with Crippen molar-refractivity contribution < 1.29 is 28.5 Å². The minimum absolute atomic E-state index is 0.115. The van der Waals surface area contributed by atoms with Gasteiger partial charge in [-0.25, -0.2) is 0 Å². The van der Waals surface area contributed by atoms with E-state index in [1.54, 1.807) is 43.5 Å². The Morgan fingerprint density at radius 2 is 1.91 bits per heavy atom. The lowest BCUT2D eigenvalue weighted by Gasteiger charge is -2.30. The van der Waals surface area contributed by atoms with Crippen molar-refractivity contribution in [1.29, 1.82) is 0 Å². The number of ether oxygens (including phenoxy) is 4. The summed E-state index contributed by atoms with van der Waals surface area (Å²) in [7, 11) is 1.58. The predicted octanol–water partition coefficient (Wildman–Crippen LogP) is 4.27. The number of rotatable bonds is 6. The van der Waals surface area contributed by atoms with E-state index in [9.17, 15) is 9.59 Å². The van der Waals surface area contributed by atoms with Crippen LogP contribution in [-0.2, 0) is 16.1 Å². The number of anilines is 1. The predicted molar refractivity (Wildman–Crippen MR) is 133 cm³/mol. The molecule has 3 aromatic rings. The summed E-state index contributed by atoms with van der Waals surface area (Å²) in [5, 5.41) is 2.86. The van der Waals surface area contributed by atoms with Crippen LogP contribution in [0.5, 0.6) is 23.0 Å². The molecule has 2 amide bonds. The summed E-state index contributed by atoms with van der Waals surface area (Å²) in [5.74, 6) is 1.90. The zero-order valence-electron chi connectivity index (χ0n) is 18.7. The number of nitrogens with one attached hydrogen (secondary N) is 1. The molecule has 9 heteroatoms. The van der Waals surface area contributed by atoms with E-state index in [1.807, 2.05) is 30.3 Å². The summed E-state index contributed by atoms with van der Waals surface area (Å²) in [4.78, 5) is 27.6. The minimum atomic E-state index is -0.408. The number of nitrogens with zero attached hydrogens (tertiary/aromatic N) is 1. The van der Waals surface area contributed by atoms with E-state index in [-0.39, 0.29) is 31.5 Å². The Morgan fingerprint density at radius 3 is 2.74 bits per heavy atom. The van der Waals surface area contributed by atoms with Crippen LogP contribution < -0.4 is 29.2 Å². The second-order valence-corrected chi connectivity index (χ2v) is 8.68. The van der Waals surface area contributed by atoms with Crippen LogP contribution >= 0.6 is 15.9 Å². The second kappa shape index (κ2) is 9.71. The molecule has 1 N–H and O–H groups in total. The number of halogens is 1. The zero-order chi connectivity index (χ0) is 24.4. The minimum Gasteiger partial charge on any atom is -0.496 e. The van der Waals surface area contributed by atoms with Gasteiger partial charge in [-0.15, -0.1) is 0 Å². The van der Waals surface area contributed by atoms with E-state index in [4.69, 9.17) is 18.9 Å². The van der Waals surface area contributed by atoms with Gasteiger partial charge in [0.25, 0.3) is 5.91 Å². The Kier molecular flexibility index (Phi) is 6.33. The second-order valence-electron chi connectivity index (χ2n) is 7.83. The van der Waals surface area contributed by atoms with Crippen LogP contribution in [0.15, 0.2) is 70.9 Å². The molecule has 0 atom stereocenters. The molecule has 3 aromatic carbocycles. The fraction of sp³-hybridized carbons (Fsp3) is 0.154. The van der Waals surface area contributed by atoms with Crippen LogP contribution in [0.25, 0.3) is 6.08 Å². The summed E-state index contributed by atoms with van der Waals surface area (Å²) in [6.45, 7) is 0.318. The largest absolute Gasteiger partial charge is 0.496 e. The first kappa shape index (κ1) is 22.8. The highest BCUT2D eigenvalue weighted by Gasteiger charge is 2.31. The number of amides is 2. The topological polar surface area (TPSA) is 86.3 Å². The molecule has 8 nitrogen and oxygen atoms in total. The maximum Gasteiger partial charge on any atom is 0.294 e. The van der Waals surface area contributed by atoms with E-state index in [2.05, 4.69) is 21.2 Å². The average Bonchev–Trinajstić information content (AvgIpc) is 3.33. The molecule has 2 aliphatic rings. The van der Waals surface area contributed by atoms with Gasteiger partial charge >= 0.3 is 0 Å². The van der Waals surface area contributed by atoms with Crippen LogP contribution in [0.4, 0.5) is 5.69 Å². The highest BCUT2D eigenvalue weighted by molar-refractivity contribution is 9.10. The number of carbonyl (C=O) groups excluding carboxylic acids is 2. The molecule has 0 saturated heterocycles. The number of carbonyl (C=O) groups is 2. The van der Waals surface area contributed by atoms with Crippen molar-refractivity contribution in [3.63, 3.8) is 0 Å². The molecule has 0 bridgehead atoms. The van der Waals surface area contributed by atoms with Gasteiger partial charge in [0.2, 0.25) is 12.7 Å². The van der Waals surface area contributed by atoms with Gasteiger partial charge in [0.1, 0.15) is 12.3 Å². The SMILES string of the molecule is COc1ccc(C=C2Oc3ccccc3N(CC(=O)NCc3ccc4c(c3)OCO4)C2=O)cc1Br. The van der Waals surface area contributed by atoms with Gasteiger partial charge in [-0.3, -0.25) is 14.5 Å². The fourth-order valence-corrected chi connectivity index (χ4v) is 4.35. The van der Waals surface area contributed by atoms with E-state index in [0.29, 0.717) is 28.7 Å². The van der Waals surface area contributed by atoms with Crippen LogP contribution in [0.3, 0.4) is 0 Å². The highest BCUT2D eigenvalue weighted by atomic mass is 79.9. The summed E-state index contributed by atoms with van der Waals surface area (Å²) in [6, 6.07) is 18.0. The van der Waals surface area contributed by atoms with Crippen molar-refractivity contribution in [2.75, 3.05) is 25.3 Å². The van der Waals surface area contributed by atoms with E-state index in [1.165, 1.54) is 4.90 Å². The standard InChI is InChI=1S/C26H21BrN2O6/c1-32-20-8-6-16(10-18(20)27)11-24-26(31)29(19-4-2-3-5-21(19)35-24)14-25(30)28-13-17-7-9-22-23(12-17)34-15-33-22/h2-12H,13-15H2,1H3,(H,28,30). The van der Waals surface area contributed by atoms with Crippen molar-refractivity contribution in [1.82, 2.24) is 5.32 Å². The van der Waals surface area contributed by atoms with E-state index < -0.39 is 5.91 Å². The van der Waals surface area contributed by atoms with Gasteiger partial charge in [-0.1, -0.05) is 24.3 Å². The Hall–Kier alpha value is -3.98. The molecule has 0 unspecified atom stereocenters. The number of benzene rings is 3. The summed E-state index contributed by atoms with van der Waals surface area (Å²) < 4.78 is 22.6. The zero-order valence-corrected chi connectivity index (χ0v) is 20.3. The Morgan fingerprint density at radius 1 is 1.09 bits per heavy atom. The molecule has 0 radical (unpaired) electrons. The van der Waals surface area contributed by atoms with Crippen LogP contribution in [0, 0.1) is 0 Å². The Bertz CT molecular complexity index is 1340. The van der Waals surface area contributed by atoms with E-state index >= 15 is 0 Å². The third-order valence-electron chi connectivity index (χ3n) is 5.53. The molecular formula is C26H21BrN2O6. The molecule has 0 aromatic heterocycles. The van der Waals surface area contributed by atoms with Crippen molar-refractivity contribution >= 4 is 39.5 Å². The first-order valence-corrected chi connectivity index (χ1v) is 11.6. The lowest BCUT2D eigenvalue weighted by molar-refractivity contribution is -0.123. The number of para-hydroxylation sites is 2. The van der Waals surface area contributed by atoms with Crippen molar-refractivity contribution in [2.45, 2.75) is 6.54 Å². The molecule has 0 fully saturated rings. The van der Waals surface area contributed by atoms with Crippen LogP contribution in [0.2, 0.25) is 0 Å². The third kappa shape index (κ3) is 4.81. The van der Waals surface area contributed by atoms with Gasteiger partial charge in [-0.05, 0) is 69.5 Å². The highest BCUT2D eigenvalue weighted by Crippen LogP contribution is 2.36. The van der Waals surface area contributed by atoms with Gasteiger partial charge in [0.05, 0.1) is 17.3 Å². The van der Waals surface area contributed by atoms with Crippen molar-refractivity contribution in [3.05, 3.63) is 82.0 Å². The number of methoxy groups -OCH3 is 1. The van der Waals surface area contributed by atoms with Crippen molar-refractivity contribution in [3.8, 4) is 23.0 Å². The normalized spacial score (nSPS) is 15.0. The summed E-state index contributed by atoms with van der Waals surface area (Å²) in [6.07, 6.45) is 1.64. The van der Waals surface area contributed by atoms with Gasteiger partial charge < -0.3 is 24.3 Å². The van der Waals surface area contributed by atoms with Gasteiger partial charge in [-0.2, -0.15) is 0 Å². The Labute approximate surface area is 210 Å².